The Balaban J connectivity index is 1.77. The number of aromatic nitrogens is 2. The molecule has 0 aromatic carbocycles. The van der Waals surface area contributed by atoms with Crippen molar-refractivity contribution < 1.29 is 4.79 Å². The van der Waals surface area contributed by atoms with Crippen LogP contribution in [0.25, 0.3) is 11.3 Å². The molecule has 3 rings (SSSR count). The molecule has 1 fully saturated rings. The molecule has 1 aliphatic rings. The van der Waals surface area contributed by atoms with Crippen LogP contribution in [-0.2, 0) is 0 Å². The van der Waals surface area contributed by atoms with Gasteiger partial charge in [-0.1, -0.05) is 12.8 Å². The molecule has 0 unspecified atom stereocenters. The van der Waals surface area contributed by atoms with Crippen molar-refractivity contribution in [2.45, 2.75) is 32.6 Å². The van der Waals surface area contributed by atoms with Crippen molar-refractivity contribution in [3.63, 3.8) is 0 Å². The van der Waals surface area contributed by atoms with Gasteiger partial charge in [-0.05, 0) is 25.8 Å². The van der Waals surface area contributed by atoms with Crippen LogP contribution < -0.4 is 0 Å². The Morgan fingerprint density at radius 3 is 2.70 bits per heavy atom. The number of thiazole rings is 1. The molecule has 1 N–H and O–H groups in total. The van der Waals surface area contributed by atoms with Gasteiger partial charge < -0.3 is 9.88 Å². The molecule has 0 spiro atoms. The van der Waals surface area contributed by atoms with Crippen molar-refractivity contribution in [3.05, 3.63) is 28.3 Å². The molecule has 1 saturated heterocycles. The lowest BCUT2D eigenvalue weighted by atomic mass is 10.2. The van der Waals surface area contributed by atoms with Crippen LogP contribution in [0, 0.1) is 6.92 Å². The van der Waals surface area contributed by atoms with Gasteiger partial charge in [0.1, 0.15) is 5.69 Å². The molecule has 5 heteroatoms. The van der Waals surface area contributed by atoms with E-state index in [0.29, 0.717) is 5.69 Å². The minimum Gasteiger partial charge on any atom is -0.357 e. The number of hydrogen-bond donors (Lipinski definition) is 1. The van der Waals surface area contributed by atoms with Crippen LogP contribution in [0.4, 0.5) is 0 Å². The number of nitrogens with one attached hydrogen (secondary N) is 1. The number of rotatable bonds is 2. The largest absolute Gasteiger partial charge is 0.357 e. The second-order valence-corrected chi connectivity index (χ2v) is 6.32. The average Bonchev–Trinajstić information content (AvgIpc) is 3.00. The molecule has 2 aromatic heterocycles. The molecular weight excluding hydrogens is 270 g/mol. The van der Waals surface area contributed by atoms with Crippen LogP contribution >= 0.6 is 11.3 Å². The SMILES string of the molecule is Cc1nc(-c2c[nH]c(C(=O)N3CCCCCC3)c2)cs1. The third kappa shape index (κ3) is 2.77. The van der Waals surface area contributed by atoms with Crippen molar-refractivity contribution in [3.8, 4) is 11.3 Å². The Kier molecular flexibility index (Phi) is 3.87. The lowest BCUT2D eigenvalue weighted by Crippen LogP contribution is -2.31. The molecule has 0 atom stereocenters. The maximum Gasteiger partial charge on any atom is 0.270 e. The van der Waals surface area contributed by atoms with Gasteiger partial charge >= 0.3 is 0 Å². The van der Waals surface area contributed by atoms with Gasteiger partial charge in [-0.15, -0.1) is 11.3 Å². The standard InChI is InChI=1S/C15H19N3OS/c1-11-17-14(10-20-11)12-8-13(16-9-12)15(19)18-6-4-2-3-5-7-18/h8-10,16H,2-7H2,1H3. The van der Waals surface area contributed by atoms with E-state index < -0.39 is 0 Å². The van der Waals surface area contributed by atoms with E-state index >= 15 is 0 Å². The zero-order valence-electron chi connectivity index (χ0n) is 11.7. The lowest BCUT2D eigenvalue weighted by molar-refractivity contribution is 0.0756. The summed E-state index contributed by atoms with van der Waals surface area (Å²) in [4.78, 5) is 22.0. The summed E-state index contributed by atoms with van der Waals surface area (Å²) < 4.78 is 0. The quantitative estimate of drug-likeness (QED) is 0.920. The Hall–Kier alpha value is -1.62. The number of likely N-dealkylation sites (tertiary alicyclic amines) is 1. The van der Waals surface area contributed by atoms with Crippen molar-refractivity contribution >= 4 is 17.2 Å². The first-order chi connectivity index (χ1) is 9.74. The predicted octanol–water partition coefficient (Wildman–Crippen LogP) is 3.46. The fraction of sp³-hybridized carbons (Fsp3) is 0.467. The number of H-pyrrole nitrogens is 1. The lowest BCUT2D eigenvalue weighted by Gasteiger charge is -2.19. The highest BCUT2D eigenvalue weighted by Gasteiger charge is 2.19. The number of nitrogens with zero attached hydrogens (tertiary/aromatic N) is 2. The first-order valence-electron chi connectivity index (χ1n) is 7.14. The van der Waals surface area contributed by atoms with E-state index in [9.17, 15) is 4.79 Å². The van der Waals surface area contributed by atoms with Crippen molar-refractivity contribution in [1.82, 2.24) is 14.9 Å². The first kappa shape index (κ1) is 13.4. The van der Waals surface area contributed by atoms with E-state index in [-0.39, 0.29) is 5.91 Å². The maximum absolute atomic E-state index is 12.5. The summed E-state index contributed by atoms with van der Waals surface area (Å²) in [6, 6.07) is 1.92. The van der Waals surface area contributed by atoms with Gasteiger partial charge in [0.25, 0.3) is 5.91 Å². The minimum absolute atomic E-state index is 0.116. The number of aromatic amines is 1. The smallest absolute Gasteiger partial charge is 0.270 e. The highest BCUT2D eigenvalue weighted by molar-refractivity contribution is 7.09. The van der Waals surface area contributed by atoms with E-state index in [2.05, 4.69) is 9.97 Å². The van der Waals surface area contributed by atoms with Gasteiger partial charge in [-0.3, -0.25) is 4.79 Å². The molecule has 2 aromatic rings. The fourth-order valence-electron chi connectivity index (χ4n) is 2.61. The molecule has 0 bridgehead atoms. The third-order valence-electron chi connectivity index (χ3n) is 3.72. The van der Waals surface area contributed by atoms with Gasteiger partial charge in [-0.25, -0.2) is 4.98 Å². The molecular formula is C15H19N3OS. The zero-order chi connectivity index (χ0) is 13.9. The van der Waals surface area contributed by atoms with Gasteiger partial charge in [0.15, 0.2) is 0 Å². The summed E-state index contributed by atoms with van der Waals surface area (Å²) in [7, 11) is 0. The van der Waals surface area contributed by atoms with Crippen molar-refractivity contribution in [2.24, 2.45) is 0 Å². The maximum atomic E-state index is 12.5. The second-order valence-electron chi connectivity index (χ2n) is 5.26. The molecule has 20 heavy (non-hydrogen) atoms. The second kappa shape index (κ2) is 5.79. The van der Waals surface area contributed by atoms with Gasteiger partial charge in [0, 0.05) is 30.2 Å². The van der Waals surface area contributed by atoms with Gasteiger partial charge in [0.05, 0.1) is 10.7 Å². The van der Waals surface area contributed by atoms with Crippen LogP contribution in [0.15, 0.2) is 17.6 Å². The zero-order valence-corrected chi connectivity index (χ0v) is 12.5. The van der Waals surface area contributed by atoms with Gasteiger partial charge in [-0.2, -0.15) is 0 Å². The fourth-order valence-corrected chi connectivity index (χ4v) is 3.23. The summed E-state index contributed by atoms with van der Waals surface area (Å²) in [5, 5.41) is 3.07. The molecule has 1 aliphatic heterocycles. The Morgan fingerprint density at radius 2 is 2.05 bits per heavy atom. The van der Waals surface area contributed by atoms with Crippen LogP contribution in [0.5, 0.6) is 0 Å². The summed E-state index contributed by atoms with van der Waals surface area (Å²) in [6.45, 7) is 3.75. The highest BCUT2D eigenvalue weighted by atomic mass is 32.1. The molecule has 0 saturated carbocycles. The number of aryl methyl sites for hydroxylation is 1. The van der Waals surface area contributed by atoms with E-state index in [1.807, 2.05) is 29.5 Å². The topological polar surface area (TPSA) is 49.0 Å². The normalized spacial score (nSPS) is 16.1. The van der Waals surface area contributed by atoms with E-state index in [1.54, 1.807) is 11.3 Å². The number of amides is 1. The van der Waals surface area contributed by atoms with Crippen molar-refractivity contribution in [1.29, 1.82) is 0 Å². The molecule has 106 valence electrons. The Bertz CT molecular complexity index is 594. The Morgan fingerprint density at radius 1 is 1.30 bits per heavy atom. The molecule has 3 heterocycles. The van der Waals surface area contributed by atoms with Crippen molar-refractivity contribution in [2.75, 3.05) is 13.1 Å². The third-order valence-corrected chi connectivity index (χ3v) is 4.49. The van der Waals surface area contributed by atoms with Gasteiger partial charge in [0.2, 0.25) is 0 Å². The molecule has 0 radical (unpaired) electrons. The molecule has 4 nitrogen and oxygen atoms in total. The summed E-state index contributed by atoms with van der Waals surface area (Å²) in [6.07, 6.45) is 6.57. The minimum atomic E-state index is 0.116. The first-order valence-corrected chi connectivity index (χ1v) is 8.02. The summed E-state index contributed by atoms with van der Waals surface area (Å²) in [5.74, 6) is 0.116. The van der Waals surface area contributed by atoms with Crippen LogP contribution in [0.1, 0.15) is 41.2 Å². The Labute approximate surface area is 122 Å². The van der Waals surface area contributed by atoms with Crippen LogP contribution in [0.3, 0.4) is 0 Å². The number of carbonyl (C=O) groups excluding carboxylic acids is 1. The number of carbonyl (C=O) groups is 1. The highest BCUT2D eigenvalue weighted by Crippen LogP contribution is 2.23. The monoisotopic (exact) mass is 289 g/mol. The number of hydrogen-bond acceptors (Lipinski definition) is 3. The summed E-state index contributed by atoms with van der Waals surface area (Å²) >= 11 is 1.63. The predicted molar refractivity (Wildman–Crippen MR) is 81.0 cm³/mol. The average molecular weight is 289 g/mol. The molecule has 0 aliphatic carbocycles. The van der Waals surface area contributed by atoms with E-state index in [1.165, 1.54) is 12.8 Å². The van der Waals surface area contributed by atoms with Crippen LogP contribution in [-0.4, -0.2) is 33.9 Å². The van der Waals surface area contributed by atoms with Crippen LogP contribution in [0.2, 0.25) is 0 Å². The van der Waals surface area contributed by atoms with E-state index in [0.717, 1.165) is 42.2 Å². The summed E-state index contributed by atoms with van der Waals surface area (Å²) in [5.41, 5.74) is 2.61. The molecule has 1 amide bonds. The van der Waals surface area contributed by atoms with E-state index in [4.69, 9.17) is 0 Å².